The molecule has 0 bridgehead atoms. The normalized spacial score (nSPS) is 11.8. The second-order valence-electron chi connectivity index (χ2n) is 5.51. The van der Waals surface area contributed by atoms with Gasteiger partial charge in [-0.05, 0) is 25.1 Å². The molecule has 132 valence electrons. The molecule has 0 amide bonds. The second-order valence-corrected chi connectivity index (χ2v) is 8.28. The molecule has 0 saturated heterocycles. The third-order valence-corrected chi connectivity index (χ3v) is 6.30. The number of aromatic nitrogens is 3. The highest BCUT2D eigenvalue weighted by molar-refractivity contribution is 7.89. The Balaban J connectivity index is 2.00. The number of H-pyrrole nitrogens is 1. The Kier molecular flexibility index (Phi) is 4.89. The molecule has 1 N–H and O–H groups in total. The van der Waals surface area contributed by atoms with Gasteiger partial charge in [-0.2, -0.15) is 9.40 Å². The predicted molar refractivity (Wildman–Crippen MR) is 96.1 cm³/mol. The highest BCUT2D eigenvalue weighted by Crippen LogP contribution is 2.34. The van der Waals surface area contributed by atoms with E-state index in [9.17, 15) is 8.42 Å². The molecular weight excluding hydrogens is 360 g/mol. The van der Waals surface area contributed by atoms with Crippen molar-refractivity contribution >= 4 is 21.4 Å². The zero-order chi connectivity index (χ0) is 18.0. The summed E-state index contributed by atoms with van der Waals surface area (Å²) in [6.07, 6.45) is 1.66. The van der Waals surface area contributed by atoms with Gasteiger partial charge in [-0.15, -0.1) is 11.3 Å². The number of aryl methyl sites for hydroxylation is 1. The quantitative estimate of drug-likeness (QED) is 0.712. The van der Waals surface area contributed by atoms with Gasteiger partial charge < -0.3 is 4.74 Å². The minimum Gasteiger partial charge on any atom is -0.496 e. The molecule has 3 rings (SSSR count). The highest BCUT2D eigenvalue weighted by atomic mass is 32.2. The van der Waals surface area contributed by atoms with E-state index in [1.54, 1.807) is 44.1 Å². The average Bonchev–Trinajstić information content (AvgIpc) is 3.25. The number of nitrogens with one attached hydrogen (secondary N) is 1. The smallest absolute Gasteiger partial charge is 0.243 e. The first-order chi connectivity index (χ1) is 11.9. The van der Waals surface area contributed by atoms with Gasteiger partial charge in [0.2, 0.25) is 10.0 Å². The van der Waals surface area contributed by atoms with Crippen LogP contribution in [0.1, 0.15) is 11.4 Å². The topological polar surface area (TPSA) is 88.2 Å². The van der Waals surface area contributed by atoms with Crippen molar-refractivity contribution in [2.75, 3.05) is 14.2 Å². The summed E-state index contributed by atoms with van der Waals surface area (Å²) in [5.74, 6) is 0.589. The highest BCUT2D eigenvalue weighted by Gasteiger charge is 2.23. The molecule has 1 aromatic carbocycles. The maximum absolute atomic E-state index is 12.9. The molecule has 9 heteroatoms. The van der Waals surface area contributed by atoms with Crippen LogP contribution in [0.25, 0.3) is 11.1 Å². The van der Waals surface area contributed by atoms with Crippen LogP contribution in [0.15, 0.2) is 40.2 Å². The summed E-state index contributed by atoms with van der Waals surface area (Å²) in [5, 5.41) is 8.69. The Bertz CT molecular complexity index is 965. The molecule has 0 aliphatic carbocycles. The fourth-order valence-electron chi connectivity index (χ4n) is 2.49. The molecular formula is C16H18N4O3S2. The third kappa shape index (κ3) is 3.44. The largest absolute Gasteiger partial charge is 0.496 e. The van der Waals surface area contributed by atoms with Crippen LogP contribution in [0.2, 0.25) is 0 Å². The number of rotatable bonds is 6. The lowest BCUT2D eigenvalue weighted by molar-refractivity contribution is 0.416. The van der Waals surface area contributed by atoms with Crippen LogP contribution in [-0.4, -0.2) is 42.1 Å². The maximum atomic E-state index is 12.9. The summed E-state index contributed by atoms with van der Waals surface area (Å²) in [6, 6.07) is 4.82. The van der Waals surface area contributed by atoms with Gasteiger partial charge in [0.1, 0.15) is 5.75 Å². The van der Waals surface area contributed by atoms with Gasteiger partial charge in [-0.1, -0.05) is 0 Å². The molecule has 2 heterocycles. The Morgan fingerprint density at radius 3 is 2.72 bits per heavy atom. The van der Waals surface area contributed by atoms with Crippen molar-refractivity contribution in [1.82, 2.24) is 19.5 Å². The van der Waals surface area contributed by atoms with E-state index in [1.165, 1.54) is 15.6 Å². The summed E-state index contributed by atoms with van der Waals surface area (Å²) in [7, 11) is -0.559. The summed E-state index contributed by atoms with van der Waals surface area (Å²) < 4.78 is 32.5. The van der Waals surface area contributed by atoms with Crippen LogP contribution < -0.4 is 4.74 Å². The van der Waals surface area contributed by atoms with Crippen molar-refractivity contribution in [1.29, 1.82) is 0 Å². The van der Waals surface area contributed by atoms with Crippen LogP contribution in [0.5, 0.6) is 5.75 Å². The summed E-state index contributed by atoms with van der Waals surface area (Å²) in [4.78, 5) is 4.34. The number of benzene rings is 1. The van der Waals surface area contributed by atoms with Crippen LogP contribution >= 0.6 is 11.3 Å². The molecule has 25 heavy (non-hydrogen) atoms. The van der Waals surface area contributed by atoms with E-state index >= 15 is 0 Å². The molecule has 0 radical (unpaired) electrons. The van der Waals surface area contributed by atoms with Crippen molar-refractivity contribution in [2.45, 2.75) is 18.4 Å². The van der Waals surface area contributed by atoms with Crippen molar-refractivity contribution in [3.63, 3.8) is 0 Å². The lowest BCUT2D eigenvalue weighted by Crippen LogP contribution is -2.26. The van der Waals surface area contributed by atoms with E-state index in [0.717, 1.165) is 17.0 Å². The van der Waals surface area contributed by atoms with Gasteiger partial charge in [0, 0.05) is 29.2 Å². The summed E-state index contributed by atoms with van der Waals surface area (Å²) >= 11 is 1.44. The van der Waals surface area contributed by atoms with Crippen LogP contribution in [0.4, 0.5) is 0 Å². The van der Waals surface area contributed by atoms with E-state index in [4.69, 9.17) is 4.74 Å². The van der Waals surface area contributed by atoms with E-state index < -0.39 is 10.0 Å². The van der Waals surface area contributed by atoms with Gasteiger partial charge in [0.25, 0.3) is 0 Å². The van der Waals surface area contributed by atoms with Gasteiger partial charge >= 0.3 is 0 Å². The van der Waals surface area contributed by atoms with Crippen molar-refractivity contribution in [3.05, 3.63) is 46.7 Å². The number of sulfonamides is 1. The third-order valence-electron chi connectivity index (χ3n) is 3.87. The lowest BCUT2D eigenvalue weighted by atomic mass is 10.1. The van der Waals surface area contributed by atoms with Gasteiger partial charge in [-0.3, -0.25) is 5.10 Å². The molecule has 0 fully saturated rings. The molecule has 7 nitrogen and oxygen atoms in total. The minimum atomic E-state index is -3.65. The van der Waals surface area contributed by atoms with Gasteiger partial charge in [0.05, 0.1) is 36.0 Å². The maximum Gasteiger partial charge on any atom is 0.243 e. The van der Waals surface area contributed by atoms with Gasteiger partial charge in [-0.25, -0.2) is 13.4 Å². The second kappa shape index (κ2) is 6.95. The number of hydrogen-bond donors (Lipinski definition) is 1. The van der Waals surface area contributed by atoms with E-state index in [1.807, 2.05) is 12.3 Å². The number of methoxy groups -OCH3 is 1. The monoisotopic (exact) mass is 378 g/mol. The standard InChI is InChI=1S/C16H18N4O3S2/c1-11-15(7-18-19-11)14-6-13(4-5-16(14)23-3)25(21,22)20(2)8-12-9-24-10-17-12/h4-7,9-10H,8H2,1-3H3,(H,18,19). The predicted octanol–water partition coefficient (Wildman–Crippen LogP) is 2.67. The molecule has 0 spiro atoms. The Hall–Kier alpha value is -2.23. The van der Waals surface area contributed by atoms with Crippen LogP contribution in [0, 0.1) is 6.92 Å². The Labute approximate surface area is 150 Å². The Morgan fingerprint density at radius 1 is 1.32 bits per heavy atom. The number of nitrogens with zero attached hydrogens (tertiary/aromatic N) is 3. The molecule has 2 aromatic heterocycles. The zero-order valence-electron chi connectivity index (χ0n) is 14.1. The first-order valence-electron chi connectivity index (χ1n) is 7.45. The minimum absolute atomic E-state index is 0.196. The van der Waals surface area contributed by atoms with E-state index in [-0.39, 0.29) is 11.4 Å². The van der Waals surface area contributed by atoms with Crippen molar-refractivity contribution in [3.8, 4) is 16.9 Å². The van der Waals surface area contributed by atoms with Gasteiger partial charge in [0.15, 0.2) is 0 Å². The summed E-state index contributed by atoms with van der Waals surface area (Å²) in [5.41, 5.74) is 4.72. The molecule has 3 aromatic rings. The van der Waals surface area contributed by atoms with Crippen molar-refractivity contribution < 1.29 is 13.2 Å². The van der Waals surface area contributed by atoms with E-state index in [0.29, 0.717) is 11.3 Å². The lowest BCUT2D eigenvalue weighted by Gasteiger charge is -2.17. The van der Waals surface area contributed by atoms with Crippen LogP contribution in [0.3, 0.4) is 0 Å². The first-order valence-corrected chi connectivity index (χ1v) is 9.83. The first kappa shape index (κ1) is 17.6. The number of ether oxygens (including phenoxy) is 1. The SMILES string of the molecule is COc1ccc(S(=O)(=O)N(C)Cc2cscn2)cc1-c1cn[nH]c1C. The molecule has 0 aliphatic heterocycles. The molecule has 0 atom stereocenters. The van der Waals surface area contributed by atoms with Crippen molar-refractivity contribution in [2.24, 2.45) is 0 Å². The number of thiazole rings is 1. The fraction of sp³-hybridized carbons (Fsp3) is 0.250. The van der Waals surface area contributed by atoms with Crippen LogP contribution in [-0.2, 0) is 16.6 Å². The number of aromatic amines is 1. The number of hydrogen-bond acceptors (Lipinski definition) is 6. The zero-order valence-corrected chi connectivity index (χ0v) is 15.7. The Morgan fingerprint density at radius 2 is 2.12 bits per heavy atom. The summed E-state index contributed by atoms with van der Waals surface area (Å²) in [6.45, 7) is 2.09. The molecule has 0 aliphatic rings. The molecule has 0 unspecified atom stereocenters. The molecule has 0 saturated carbocycles. The van der Waals surface area contributed by atoms with E-state index in [2.05, 4.69) is 15.2 Å². The average molecular weight is 378 g/mol. The fourth-order valence-corrected chi connectivity index (χ4v) is 4.21.